The number of aromatic nitrogens is 3. The third kappa shape index (κ3) is 4.67. The van der Waals surface area contributed by atoms with E-state index in [2.05, 4.69) is 43.8 Å². The Morgan fingerprint density at radius 3 is 2.64 bits per heavy atom. The van der Waals surface area contributed by atoms with Gasteiger partial charge in [-0.2, -0.15) is 0 Å². The van der Waals surface area contributed by atoms with Crippen molar-refractivity contribution in [2.45, 2.75) is 19.0 Å². The maximum absolute atomic E-state index is 6.63. The summed E-state index contributed by atoms with van der Waals surface area (Å²) in [4.78, 5) is 11.1. The van der Waals surface area contributed by atoms with Crippen molar-refractivity contribution in [2.24, 2.45) is 0 Å². The summed E-state index contributed by atoms with van der Waals surface area (Å²) in [6.07, 6.45) is 5.43. The van der Waals surface area contributed by atoms with E-state index < -0.39 is 0 Å². The summed E-state index contributed by atoms with van der Waals surface area (Å²) >= 11 is 12.5. The molecule has 1 aliphatic heterocycles. The first-order valence-electron chi connectivity index (χ1n) is 11.6. The molecule has 4 aromatic rings. The van der Waals surface area contributed by atoms with Crippen LogP contribution in [0.1, 0.15) is 29.2 Å². The molecule has 9 heteroatoms. The van der Waals surface area contributed by atoms with Gasteiger partial charge in [-0.05, 0) is 73.7 Å². The van der Waals surface area contributed by atoms with Gasteiger partial charge in [0.15, 0.2) is 5.11 Å². The molecule has 1 saturated heterocycles. The molecule has 0 unspecified atom stereocenters. The predicted octanol–water partition coefficient (Wildman–Crippen LogP) is 5.43. The highest BCUT2D eigenvalue weighted by atomic mass is 35.5. The van der Waals surface area contributed by atoms with Gasteiger partial charge in [-0.25, -0.2) is 0 Å². The molecule has 1 N–H and O–H groups in total. The van der Waals surface area contributed by atoms with E-state index in [9.17, 15) is 0 Å². The van der Waals surface area contributed by atoms with Gasteiger partial charge < -0.3 is 24.3 Å². The summed E-state index contributed by atoms with van der Waals surface area (Å²) < 4.78 is 13.0. The van der Waals surface area contributed by atoms with E-state index in [-0.39, 0.29) is 12.1 Å². The first-order valence-corrected chi connectivity index (χ1v) is 12.4. The fraction of sp³-hybridized carbons (Fsp3) is 0.222. The van der Waals surface area contributed by atoms with Crippen molar-refractivity contribution >= 4 is 34.6 Å². The van der Waals surface area contributed by atoms with Gasteiger partial charge in [-0.1, -0.05) is 17.7 Å². The number of hydrogen-bond acceptors (Lipinski definition) is 5. The largest absolute Gasteiger partial charge is 0.490 e. The maximum atomic E-state index is 6.63. The fourth-order valence-electron chi connectivity index (χ4n) is 4.55. The predicted molar refractivity (Wildman–Crippen MR) is 145 cm³/mol. The van der Waals surface area contributed by atoms with Crippen molar-refractivity contribution in [2.75, 3.05) is 25.2 Å². The number of pyridine rings is 2. The standard InChI is InChI=1S/C27H26ClN5O2S/c1-18-8-10-23(32(18)20-6-5-12-29-17-20)26-25(22-7-3-4-13-30-22)31-27(36)33(26)19-9-11-24(21(28)16-19)35-15-14-34-2/h3-13,16-17,25-26H,14-15H2,1-2H3,(H,31,36)/t25-,26-/m0/s1. The number of methoxy groups -OCH3 is 1. The molecule has 2 atom stereocenters. The van der Waals surface area contributed by atoms with Gasteiger partial charge in [0.2, 0.25) is 0 Å². The monoisotopic (exact) mass is 519 g/mol. The highest BCUT2D eigenvalue weighted by Crippen LogP contribution is 2.44. The van der Waals surface area contributed by atoms with Crippen molar-refractivity contribution < 1.29 is 9.47 Å². The number of aryl methyl sites for hydroxylation is 1. The molecule has 36 heavy (non-hydrogen) atoms. The van der Waals surface area contributed by atoms with Gasteiger partial charge >= 0.3 is 0 Å². The number of nitrogens with one attached hydrogen (secondary N) is 1. The zero-order valence-electron chi connectivity index (χ0n) is 20.0. The molecule has 4 heterocycles. The fourth-order valence-corrected chi connectivity index (χ4v) is 5.13. The van der Waals surface area contributed by atoms with Gasteiger partial charge in [-0.3, -0.25) is 9.97 Å². The van der Waals surface area contributed by atoms with Crippen LogP contribution in [0, 0.1) is 6.92 Å². The van der Waals surface area contributed by atoms with Gasteiger partial charge in [0.05, 0.1) is 35.2 Å². The molecule has 7 nitrogen and oxygen atoms in total. The van der Waals surface area contributed by atoms with E-state index in [0.717, 1.165) is 28.5 Å². The molecule has 1 aliphatic rings. The van der Waals surface area contributed by atoms with Crippen LogP contribution in [0.4, 0.5) is 5.69 Å². The molecule has 0 amide bonds. The Hall–Kier alpha value is -3.46. The molecule has 0 aliphatic carbocycles. The number of benzene rings is 1. The Labute approximate surface area is 220 Å². The van der Waals surface area contributed by atoms with Crippen LogP contribution in [0.25, 0.3) is 5.69 Å². The Morgan fingerprint density at radius 2 is 1.92 bits per heavy atom. The molecular weight excluding hydrogens is 494 g/mol. The lowest BCUT2D eigenvalue weighted by atomic mass is 10.0. The average molecular weight is 520 g/mol. The van der Waals surface area contributed by atoms with E-state index in [1.807, 2.05) is 54.7 Å². The molecule has 0 bridgehead atoms. The lowest BCUT2D eigenvalue weighted by Crippen LogP contribution is -2.30. The molecule has 1 aromatic carbocycles. The van der Waals surface area contributed by atoms with Gasteiger partial charge in [-0.15, -0.1) is 0 Å². The van der Waals surface area contributed by atoms with Crippen LogP contribution in [-0.2, 0) is 4.74 Å². The van der Waals surface area contributed by atoms with E-state index in [0.29, 0.717) is 29.1 Å². The highest BCUT2D eigenvalue weighted by molar-refractivity contribution is 7.80. The minimum absolute atomic E-state index is 0.181. The van der Waals surface area contributed by atoms with Crippen molar-refractivity contribution in [1.29, 1.82) is 0 Å². The zero-order chi connectivity index (χ0) is 25.1. The first-order chi connectivity index (χ1) is 17.6. The number of anilines is 1. The smallest absolute Gasteiger partial charge is 0.174 e. The number of rotatable bonds is 8. The summed E-state index contributed by atoms with van der Waals surface area (Å²) in [5, 5.41) is 4.60. The quantitative estimate of drug-likeness (QED) is 0.246. The first kappa shape index (κ1) is 24.2. The minimum Gasteiger partial charge on any atom is -0.490 e. The summed E-state index contributed by atoms with van der Waals surface area (Å²) in [6, 6.07) is 19.5. The molecule has 0 spiro atoms. The van der Waals surface area contributed by atoms with Crippen LogP contribution in [0.15, 0.2) is 79.3 Å². The Morgan fingerprint density at radius 1 is 1.03 bits per heavy atom. The number of thiocarbonyl (C=S) groups is 1. The van der Waals surface area contributed by atoms with E-state index >= 15 is 0 Å². The molecular formula is C27H26ClN5O2S. The van der Waals surface area contributed by atoms with Crippen LogP contribution >= 0.6 is 23.8 Å². The van der Waals surface area contributed by atoms with Gasteiger partial charge in [0, 0.05) is 36.6 Å². The minimum atomic E-state index is -0.197. The van der Waals surface area contributed by atoms with Crippen molar-refractivity contribution in [3.63, 3.8) is 0 Å². The SMILES string of the molecule is COCCOc1ccc(N2C(=S)N[C@@H](c3ccccn3)[C@@H]2c2ccc(C)n2-c2cccnc2)cc1Cl. The maximum Gasteiger partial charge on any atom is 0.174 e. The zero-order valence-corrected chi connectivity index (χ0v) is 21.5. The van der Waals surface area contributed by atoms with E-state index in [1.165, 1.54) is 0 Å². The van der Waals surface area contributed by atoms with Gasteiger partial charge in [0.25, 0.3) is 0 Å². The van der Waals surface area contributed by atoms with E-state index in [1.54, 1.807) is 19.5 Å². The van der Waals surface area contributed by atoms with Crippen LogP contribution in [0.2, 0.25) is 5.02 Å². The second-order valence-electron chi connectivity index (χ2n) is 8.40. The third-order valence-corrected chi connectivity index (χ3v) is 6.76. The second-order valence-corrected chi connectivity index (χ2v) is 9.19. The molecule has 184 valence electrons. The van der Waals surface area contributed by atoms with Crippen molar-refractivity contribution in [1.82, 2.24) is 19.9 Å². The average Bonchev–Trinajstić information content (AvgIpc) is 3.45. The number of hydrogen-bond donors (Lipinski definition) is 1. The van der Waals surface area contributed by atoms with Crippen LogP contribution in [0.3, 0.4) is 0 Å². The molecule has 1 fully saturated rings. The Bertz CT molecular complexity index is 1350. The highest BCUT2D eigenvalue weighted by Gasteiger charge is 2.42. The summed E-state index contributed by atoms with van der Waals surface area (Å²) in [7, 11) is 1.64. The lowest BCUT2D eigenvalue weighted by Gasteiger charge is -2.29. The van der Waals surface area contributed by atoms with Crippen LogP contribution in [-0.4, -0.2) is 40.0 Å². The third-order valence-electron chi connectivity index (χ3n) is 6.15. The topological polar surface area (TPSA) is 64.4 Å². The van der Waals surface area contributed by atoms with Crippen molar-refractivity contribution in [3.05, 3.63) is 101 Å². The Balaban J connectivity index is 1.61. The van der Waals surface area contributed by atoms with Crippen molar-refractivity contribution in [3.8, 4) is 11.4 Å². The van der Waals surface area contributed by atoms with Gasteiger partial charge in [0.1, 0.15) is 18.4 Å². The summed E-state index contributed by atoms with van der Waals surface area (Å²) in [6.45, 7) is 2.98. The number of nitrogens with zero attached hydrogens (tertiary/aromatic N) is 4. The molecule has 0 saturated carbocycles. The number of halogens is 1. The molecule has 5 rings (SSSR count). The van der Waals surface area contributed by atoms with Crippen LogP contribution < -0.4 is 15.0 Å². The number of ether oxygens (including phenoxy) is 2. The second kappa shape index (κ2) is 10.7. The summed E-state index contributed by atoms with van der Waals surface area (Å²) in [5.41, 5.74) is 4.88. The molecule has 0 radical (unpaired) electrons. The van der Waals surface area contributed by atoms with Crippen LogP contribution in [0.5, 0.6) is 5.75 Å². The molecule has 3 aromatic heterocycles. The lowest BCUT2D eigenvalue weighted by molar-refractivity contribution is 0.146. The normalized spacial score (nSPS) is 17.3. The Kier molecular flexibility index (Phi) is 7.18. The van der Waals surface area contributed by atoms with E-state index in [4.69, 9.17) is 33.3 Å². The summed E-state index contributed by atoms with van der Waals surface area (Å²) in [5.74, 6) is 0.600.